The summed E-state index contributed by atoms with van der Waals surface area (Å²) in [4.78, 5) is 38.1. The van der Waals surface area contributed by atoms with E-state index in [1.165, 1.54) is 27.6 Å². The number of allylic oxidation sites excluding steroid dienone is 1. The van der Waals surface area contributed by atoms with E-state index in [-0.39, 0.29) is 52.1 Å². The summed E-state index contributed by atoms with van der Waals surface area (Å²) < 4.78 is 46.8. The maximum absolute atomic E-state index is 14.1. The minimum Gasteiger partial charge on any atom is -0.368 e. The van der Waals surface area contributed by atoms with Gasteiger partial charge in [-0.1, -0.05) is 6.08 Å². The highest BCUT2D eigenvalue weighted by Gasteiger charge is 2.36. The van der Waals surface area contributed by atoms with E-state index in [0.29, 0.717) is 31.9 Å². The number of benzene rings is 1. The SMILES string of the molecule is C=CCn1c(=O)c2cnc(Nc3ccc(N4CCN(C)CC4)c(C(F)(F)F)c3)nc2n1-c1ccc(=O)n(C(C)C)c1. The van der Waals surface area contributed by atoms with Crippen LogP contribution < -0.4 is 21.3 Å². The van der Waals surface area contributed by atoms with Gasteiger partial charge in [0.1, 0.15) is 5.39 Å². The molecule has 4 heterocycles. The van der Waals surface area contributed by atoms with E-state index in [2.05, 4.69) is 26.8 Å². The van der Waals surface area contributed by atoms with Crippen LogP contribution in [0.4, 0.5) is 30.5 Å². The molecule has 0 radical (unpaired) electrons. The zero-order valence-electron chi connectivity index (χ0n) is 23.0. The molecule has 0 bridgehead atoms. The van der Waals surface area contributed by atoms with Gasteiger partial charge in [-0.05, 0) is 45.2 Å². The second kappa shape index (κ2) is 10.9. The van der Waals surface area contributed by atoms with Crippen molar-refractivity contribution < 1.29 is 13.2 Å². The van der Waals surface area contributed by atoms with Gasteiger partial charge < -0.3 is 19.7 Å². The summed E-state index contributed by atoms with van der Waals surface area (Å²) >= 11 is 0. The van der Waals surface area contributed by atoms with Crippen molar-refractivity contribution in [1.29, 1.82) is 0 Å². The van der Waals surface area contributed by atoms with E-state index in [1.807, 2.05) is 20.9 Å². The van der Waals surface area contributed by atoms with E-state index >= 15 is 0 Å². The van der Waals surface area contributed by atoms with Crippen LogP contribution in [-0.2, 0) is 12.7 Å². The number of rotatable bonds is 7. The van der Waals surface area contributed by atoms with Crippen molar-refractivity contribution in [2.75, 3.05) is 43.4 Å². The van der Waals surface area contributed by atoms with Gasteiger partial charge in [-0.15, -0.1) is 6.58 Å². The lowest BCUT2D eigenvalue weighted by molar-refractivity contribution is -0.137. The van der Waals surface area contributed by atoms with Crippen molar-refractivity contribution in [2.45, 2.75) is 32.6 Å². The number of nitrogens with one attached hydrogen (secondary N) is 1. The summed E-state index contributed by atoms with van der Waals surface area (Å²) in [5.41, 5.74) is -0.301. The first-order valence-corrected chi connectivity index (χ1v) is 13.2. The Kier molecular flexibility index (Phi) is 7.47. The molecule has 1 aliphatic rings. The average molecular weight is 569 g/mol. The minimum absolute atomic E-state index is 0.0136. The zero-order valence-corrected chi connectivity index (χ0v) is 23.0. The van der Waals surface area contributed by atoms with Crippen LogP contribution in [0.5, 0.6) is 0 Å². The number of alkyl halides is 3. The summed E-state index contributed by atoms with van der Waals surface area (Å²) in [6.07, 6.45) is -0.0380. The molecule has 10 nitrogen and oxygen atoms in total. The van der Waals surface area contributed by atoms with Crippen LogP contribution in [0.3, 0.4) is 0 Å². The lowest BCUT2D eigenvalue weighted by atomic mass is 10.1. The maximum Gasteiger partial charge on any atom is 0.418 e. The molecule has 1 fully saturated rings. The smallest absolute Gasteiger partial charge is 0.368 e. The normalized spacial score (nSPS) is 14.7. The number of pyridine rings is 1. The number of piperazine rings is 1. The van der Waals surface area contributed by atoms with Gasteiger partial charge in [0.25, 0.3) is 11.1 Å². The zero-order chi connectivity index (χ0) is 29.5. The highest BCUT2D eigenvalue weighted by atomic mass is 19.4. The molecule has 4 aromatic rings. The quantitative estimate of drug-likeness (QED) is 0.337. The van der Waals surface area contributed by atoms with E-state index in [0.717, 1.165) is 6.07 Å². The summed E-state index contributed by atoms with van der Waals surface area (Å²) in [5, 5.41) is 3.08. The first-order valence-electron chi connectivity index (χ1n) is 13.2. The van der Waals surface area contributed by atoms with Crippen LogP contribution in [0.15, 0.2) is 65.0 Å². The Hall–Kier alpha value is -4.39. The van der Waals surface area contributed by atoms with Crippen molar-refractivity contribution in [3.05, 3.63) is 81.7 Å². The molecule has 0 atom stereocenters. The van der Waals surface area contributed by atoms with Crippen molar-refractivity contribution in [3.8, 4) is 5.69 Å². The van der Waals surface area contributed by atoms with Crippen LogP contribution in [0.2, 0.25) is 0 Å². The van der Waals surface area contributed by atoms with Crippen LogP contribution in [-0.4, -0.2) is 62.0 Å². The lowest BCUT2D eigenvalue weighted by Crippen LogP contribution is -2.45. The van der Waals surface area contributed by atoms with Crippen LogP contribution in [0.1, 0.15) is 25.5 Å². The number of fused-ring (bicyclic) bond motifs is 1. The number of anilines is 3. The monoisotopic (exact) mass is 568 g/mol. The molecular formula is C28H31F3N8O2. The van der Waals surface area contributed by atoms with E-state index in [4.69, 9.17) is 0 Å². The summed E-state index contributed by atoms with van der Waals surface area (Å²) in [6.45, 7) is 9.96. The van der Waals surface area contributed by atoms with Gasteiger partial charge in [0.15, 0.2) is 5.65 Å². The van der Waals surface area contributed by atoms with Crippen LogP contribution >= 0.6 is 0 Å². The molecule has 0 saturated carbocycles. The Bertz CT molecular complexity index is 1710. The number of nitrogens with zero attached hydrogens (tertiary/aromatic N) is 7. The Morgan fingerprint density at radius 1 is 1.10 bits per heavy atom. The number of aromatic nitrogens is 5. The van der Waals surface area contributed by atoms with Crippen LogP contribution in [0.25, 0.3) is 16.7 Å². The van der Waals surface area contributed by atoms with Crippen molar-refractivity contribution >= 4 is 28.4 Å². The molecule has 1 saturated heterocycles. The molecule has 1 aromatic carbocycles. The third-order valence-electron chi connectivity index (χ3n) is 7.10. The fraction of sp³-hybridized carbons (Fsp3) is 0.357. The molecular weight excluding hydrogens is 537 g/mol. The van der Waals surface area contributed by atoms with Crippen molar-refractivity contribution in [3.63, 3.8) is 0 Å². The predicted octanol–water partition coefficient (Wildman–Crippen LogP) is 4.03. The Balaban J connectivity index is 1.58. The molecule has 216 valence electrons. The topological polar surface area (TPSA) is 93.2 Å². The largest absolute Gasteiger partial charge is 0.418 e. The number of hydrogen-bond acceptors (Lipinski definition) is 7. The molecule has 1 aliphatic heterocycles. The summed E-state index contributed by atoms with van der Waals surface area (Å²) in [5.74, 6) is 0.0136. The molecule has 13 heteroatoms. The van der Waals surface area contributed by atoms with Gasteiger partial charge in [0.2, 0.25) is 5.95 Å². The maximum atomic E-state index is 14.1. The van der Waals surface area contributed by atoms with Gasteiger partial charge in [0, 0.05) is 62.1 Å². The van der Waals surface area contributed by atoms with E-state index < -0.39 is 11.7 Å². The van der Waals surface area contributed by atoms with Gasteiger partial charge in [-0.25, -0.2) is 14.3 Å². The number of likely N-dealkylation sites (N-methyl/N-ethyl adjacent to an activating group) is 1. The fourth-order valence-corrected chi connectivity index (χ4v) is 4.95. The van der Waals surface area contributed by atoms with Gasteiger partial charge in [-0.2, -0.15) is 18.2 Å². The first-order chi connectivity index (χ1) is 19.5. The summed E-state index contributed by atoms with van der Waals surface area (Å²) in [6, 6.07) is 6.93. The Morgan fingerprint density at radius 3 is 2.49 bits per heavy atom. The van der Waals surface area contributed by atoms with E-state index in [9.17, 15) is 22.8 Å². The lowest BCUT2D eigenvalue weighted by Gasteiger charge is -2.35. The van der Waals surface area contributed by atoms with Crippen molar-refractivity contribution in [2.24, 2.45) is 0 Å². The predicted molar refractivity (Wildman–Crippen MR) is 152 cm³/mol. The average Bonchev–Trinajstić information content (AvgIpc) is 3.19. The highest BCUT2D eigenvalue weighted by molar-refractivity contribution is 5.77. The van der Waals surface area contributed by atoms with Gasteiger partial charge in [0.05, 0.1) is 17.8 Å². The van der Waals surface area contributed by atoms with Gasteiger partial charge in [-0.3, -0.25) is 9.59 Å². The third-order valence-corrected chi connectivity index (χ3v) is 7.10. The second-order valence-electron chi connectivity index (χ2n) is 10.3. The van der Waals surface area contributed by atoms with Crippen LogP contribution in [0, 0.1) is 0 Å². The highest BCUT2D eigenvalue weighted by Crippen LogP contribution is 2.39. The minimum atomic E-state index is -4.57. The number of halogens is 3. The Morgan fingerprint density at radius 2 is 1.83 bits per heavy atom. The van der Waals surface area contributed by atoms with Gasteiger partial charge >= 0.3 is 6.18 Å². The standard InChI is InChI=1S/C28H31F3N8O2/c1-5-10-38-26(41)21-16-32-27(34-25(21)39(38)20-7-9-24(40)37(17-20)18(2)3)33-19-6-8-23(22(15-19)28(29,30)31)36-13-11-35(4)12-14-36/h5-9,15-18H,1,10-14H2,2-4H3,(H,32,33,34). The van der Waals surface area contributed by atoms with Crippen molar-refractivity contribution in [1.82, 2.24) is 28.8 Å². The molecule has 0 unspecified atom stereocenters. The molecule has 1 N–H and O–H groups in total. The molecule has 41 heavy (non-hydrogen) atoms. The second-order valence-corrected chi connectivity index (χ2v) is 10.3. The fourth-order valence-electron chi connectivity index (χ4n) is 4.95. The molecule has 0 spiro atoms. The number of hydrogen-bond donors (Lipinski definition) is 1. The molecule has 0 aliphatic carbocycles. The summed E-state index contributed by atoms with van der Waals surface area (Å²) in [7, 11) is 1.94. The van der Waals surface area contributed by atoms with E-state index in [1.54, 1.807) is 34.0 Å². The first kappa shape index (κ1) is 28.1. The molecule has 0 amide bonds. The molecule has 5 rings (SSSR count). The third kappa shape index (κ3) is 5.49. The molecule has 3 aromatic heterocycles. The Labute approximate surface area is 233 Å².